The third kappa shape index (κ3) is 1.10. The molecule has 0 unspecified atom stereocenters. The van der Waals surface area contributed by atoms with E-state index in [4.69, 9.17) is 4.74 Å². The molecule has 0 aliphatic heterocycles. The molecule has 0 aliphatic rings. The van der Waals surface area contributed by atoms with Crippen LogP contribution < -0.4 is 4.74 Å². The summed E-state index contributed by atoms with van der Waals surface area (Å²) in [5.74, 6) is 0.606. The van der Waals surface area contributed by atoms with Gasteiger partial charge in [-0.2, -0.15) is 0 Å². The van der Waals surface area contributed by atoms with Crippen molar-refractivity contribution in [3.63, 3.8) is 0 Å². The molecular weight excluding hydrogens is 136 g/mol. The molecule has 1 aromatic rings. The molecule has 0 N–H and O–H groups in total. The molecule has 0 fully saturated rings. The zero-order valence-corrected chi connectivity index (χ0v) is 5.70. The molecule has 0 amide bonds. The van der Waals surface area contributed by atoms with Crippen LogP contribution in [-0.2, 0) is 4.79 Å². The highest BCUT2D eigenvalue weighted by molar-refractivity contribution is 7.08. The predicted molar refractivity (Wildman–Crippen MR) is 35.7 cm³/mol. The number of rotatable bonds is 2. The molecule has 0 aromatic carbocycles. The second-order valence-corrected chi connectivity index (χ2v) is 2.20. The molecule has 0 aliphatic carbocycles. The van der Waals surface area contributed by atoms with Crippen LogP contribution in [0, 0.1) is 0 Å². The Kier molecular flexibility index (Phi) is 1.85. The highest BCUT2D eigenvalue weighted by Crippen LogP contribution is 2.20. The second-order valence-electron chi connectivity index (χ2n) is 1.46. The predicted octanol–water partition coefficient (Wildman–Crippen LogP) is 1.21. The number of thiophene rings is 1. The van der Waals surface area contributed by atoms with E-state index in [1.807, 2.05) is 0 Å². The lowest BCUT2D eigenvalue weighted by molar-refractivity contribution is 0.415. The van der Waals surface area contributed by atoms with Crippen molar-refractivity contribution in [2.45, 2.75) is 0 Å². The smallest absolute Gasteiger partial charge is 0.238 e. The molecule has 1 heterocycles. The molecule has 9 heavy (non-hydrogen) atoms. The van der Waals surface area contributed by atoms with Crippen LogP contribution in [0.25, 0.3) is 0 Å². The first kappa shape index (κ1) is 6.29. The number of carbonyl (C=O) groups excluding carboxylic acids is 1. The van der Waals surface area contributed by atoms with Crippen molar-refractivity contribution in [1.29, 1.82) is 0 Å². The SMILES string of the molecule is COc1cscc1[C]=O. The van der Waals surface area contributed by atoms with Crippen LogP contribution in [0.1, 0.15) is 5.56 Å². The Labute approximate surface area is 57.1 Å². The standard InChI is InChI=1S/C6H5O2S/c1-8-6-4-9-3-5(6)2-7/h3-4H,1H3. The van der Waals surface area contributed by atoms with Gasteiger partial charge in [0.25, 0.3) is 0 Å². The Morgan fingerprint density at radius 2 is 2.44 bits per heavy atom. The summed E-state index contributed by atoms with van der Waals surface area (Å²) in [5, 5.41) is 3.46. The molecule has 2 nitrogen and oxygen atoms in total. The number of methoxy groups -OCH3 is 1. The summed E-state index contributed by atoms with van der Waals surface area (Å²) in [6, 6.07) is 0. The van der Waals surface area contributed by atoms with Crippen LogP contribution >= 0.6 is 11.3 Å². The molecule has 3 heteroatoms. The fraction of sp³-hybridized carbons (Fsp3) is 0.167. The van der Waals surface area contributed by atoms with Crippen molar-refractivity contribution in [2.24, 2.45) is 0 Å². The number of hydrogen-bond acceptors (Lipinski definition) is 3. The first-order valence-electron chi connectivity index (χ1n) is 2.37. The molecule has 0 saturated heterocycles. The first-order chi connectivity index (χ1) is 4.38. The van der Waals surface area contributed by atoms with E-state index in [0.717, 1.165) is 0 Å². The minimum Gasteiger partial charge on any atom is -0.495 e. The average Bonchev–Trinajstić information content (AvgIpc) is 2.33. The van der Waals surface area contributed by atoms with Crippen molar-refractivity contribution in [3.05, 3.63) is 16.3 Å². The normalized spacial score (nSPS) is 9.00. The third-order valence-electron chi connectivity index (χ3n) is 0.956. The molecule has 0 spiro atoms. The Balaban J connectivity index is 2.98. The minimum atomic E-state index is 0.502. The highest BCUT2D eigenvalue weighted by Gasteiger charge is 2.00. The van der Waals surface area contributed by atoms with Gasteiger partial charge in [-0.05, 0) is 0 Å². The fourth-order valence-corrected chi connectivity index (χ4v) is 1.23. The highest BCUT2D eigenvalue weighted by atomic mass is 32.1. The van der Waals surface area contributed by atoms with Crippen molar-refractivity contribution >= 4 is 17.6 Å². The maximum Gasteiger partial charge on any atom is 0.238 e. The van der Waals surface area contributed by atoms with Gasteiger partial charge in [0.2, 0.25) is 6.29 Å². The van der Waals surface area contributed by atoms with Gasteiger partial charge in [0.05, 0.1) is 12.7 Å². The zero-order valence-electron chi connectivity index (χ0n) is 4.88. The topological polar surface area (TPSA) is 26.3 Å². The zero-order chi connectivity index (χ0) is 6.69. The third-order valence-corrected chi connectivity index (χ3v) is 1.68. The molecule has 47 valence electrons. The minimum absolute atomic E-state index is 0.502. The summed E-state index contributed by atoms with van der Waals surface area (Å²) in [7, 11) is 1.53. The van der Waals surface area contributed by atoms with Gasteiger partial charge in [-0.3, -0.25) is 4.79 Å². The van der Waals surface area contributed by atoms with Gasteiger partial charge in [-0.25, -0.2) is 0 Å². The summed E-state index contributed by atoms with van der Waals surface area (Å²) in [6.45, 7) is 0. The van der Waals surface area contributed by atoms with E-state index in [1.165, 1.54) is 18.4 Å². The average molecular weight is 141 g/mol. The lowest BCUT2D eigenvalue weighted by Crippen LogP contribution is -1.83. The maximum atomic E-state index is 10.0. The maximum absolute atomic E-state index is 10.0. The molecule has 1 aromatic heterocycles. The molecule has 0 saturated carbocycles. The van der Waals surface area contributed by atoms with Crippen LogP contribution in [0.4, 0.5) is 0 Å². The molecule has 1 rings (SSSR count). The molecule has 0 atom stereocenters. The Morgan fingerprint density at radius 1 is 1.67 bits per heavy atom. The quantitative estimate of drug-likeness (QED) is 0.619. The van der Waals surface area contributed by atoms with Crippen molar-refractivity contribution < 1.29 is 9.53 Å². The summed E-state index contributed by atoms with van der Waals surface area (Å²) in [4.78, 5) is 10.0. The van der Waals surface area contributed by atoms with E-state index in [2.05, 4.69) is 0 Å². The van der Waals surface area contributed by atoms with Gasteiger partial charge >= 0.3 is 0 Å². The second kappa shape index (κ2) is 2.64. The van der Waals surface area contributed by atoms with Crippen LogP contribution in [-0.4, -0.2) is 13.4 Å². The molecule has 0 bridgehead atoms. The lowest BCUT2D eigenvalue weighted by atomic mass is 10.3. The Hall–Kier alpha value is -0.830. The van der Waals surface area contributed by atoms with Gasteiger partial charge in [0.15, 0.2) is 0 Å². The van der Waals surface area contributed by atoms with Crippen molar-refractivity contribution in [2.75, 3.05) is 7.11 Å². The van der Waals surface area contributed by atoms with Crippen molar-refractivity contribution in [3.8, 4) is 5.75 Å². The van der Waals surface area contributed by atoms with E-state index >= 15 is 0 Å². The van der Waals surface area contributed by atoms with Gasteiger partial charge in [-0.15, -0.1) is 11.3 Å². The van der Waals surface area contributed by atoms with E-state index < -0.39 is 0 Å². The van der Waals surface area contributed by atoms with E-state index in [-0.39, 0.29) is 0 Å². The van der Waals surface area contributed by atoms with Crippen molar-refractivity contribution in [1.82, 2.24) is 0 Å². The number of ether oxygens (including phenoxy) is 1. The van der Waals surface area contributed by atoms with Crippen LogP contribution in [0.3, 0.4) is 0 Å². The number of hydrogen-bond donors (Lipinski definition) is 0. The monoisotopic (exact) mass is 141 g/mol. The van der Waals surface area contributed by atoms with Gasteiger partial charge < -0.3 is 4.74 Å². The lowest BCUT2D eigenvalue weighted by Gasteiger charge is -1.91. The summed E-state index contributed by atoms with van der Waals surface area (Å²) >= 11 is 1.43. The fourth-order valence-electron chi connectivity index (χ4n) is 0.518. The van der Waals surface area contributed by atoms with E-state index in [1.54, 1.807) is 17.0 Å². The Bertz CT molecular complexity index is 205. The summed E-state index contributed by atoms with van der Waals surface area (Å²) in [6.07, 6.45) is 1.76. The molecule has 1 radical (unpaired) electrons. The van der Waals surface area contributed by atoms with Gasteiger partial charge in [0.1, 0.15) is 5.75 Å². The molecular formula is C6H5O2S. The van der Waals surface area contributed by atoms with Crippen LogP contribution in [0.5, 0.6) is 5.75 Å². The van der Waals surface area contributed by atoms with Gasteiger partial charge in [-0.1, -0.05) is 0 Å². The summed E-state index contributed by atoms with van der Waals surface area (Å²) < 4.78 is 4.82. The van der Waals surface area contributed by atoms with Crippen LogP contribution in [0.2, 0.25) is 0 Å². The van der Waals surface area contributed by atoms with E-state index in [0.29, 0.717) is 11.3 Å². The van der Waals surface area contributed by atoms with Gasteiger partial charge in [0, 0.05) is 10.8 Å². The largest absolute Gasteiger partial charge is 0.495 e. The Morgan fingerprint density at radius 3 is 2.89 bits per heavy atom. The van der Waals surface area contributed by atoms with E-state index in [9.17, 15) is 4.79 Å². The first-order valence-corrected chi connectivity index (χ1v) is 3.31. The van der Waals surface area contributed by atoms with Crippen LogP contribution in [0.15, 0.2) is 10.8 Å². The summed E-state index contributed by atoms with van der Waals surface area (Å²) in [5.41, 5.74) is 0.502.